The molecular formula is C26H26ClFN4O3. The minimum atomic E-state index is -0.302. The van der Waals surface area contributed by atoms with E-state index in [4.69, 9.17) is 16.3 Å². The van der Waals surface area contributed by atoms with Gasteiger partial charge in [0, 0.05) is 30.6 Å². The number of nitrogens with one attached hydrogen (secondary N) is 1. The van der Waals surface area contributed by atoms with Gasteiger partial charge in [0.05, 0.1) is 25.2 Å². The molecule has 1 N–H and O–H groups in total. The number of piperidine rings is 1. The van der Waals surface area contributed by atoms with Crippen molar-refractivity contribution in [2.24, 2.45) is 5.92 Å². The lowest BCUT2D eigenvalue weighted by atomic mass is 9.95. The van der Waals surface area contributed by atoms with E-state index >= 15 is 0 Å². The van der Waals surface area contributed by atoms with Crippen molar-refractivity contribution in [3.63, 3.8) is 0 Å². The molecular weight excluding hydrogens is 471 g/mol. The summed E-state index contributed by atoms with van der Waals surface area (Å²) in [7, 11) is 0. The number of hydrogen-bond donors (Lipinski definition) is 1. The number of ether oxygens (including phenoxy) is 1. The number of imidazole rings is 1. The molecule has 2 aliphatic heterocycles. The molecule has 2 aliphatic rings. The number of benzene rings is 2. The molecule has 1 fully saturated rings. The van der Waals surface area contributed by atoms with E-state index < -0.39 is 0 Å². The molecule has 2 aromatic carbocycles. The van der Waals surface area contributed by atoms with Crippen LogP contribution in [-0.2, 0) is 29.2 Å². The Bertz CT molecular complexity index is 1200. The second-order valence-corrected chi connectivity index (χ2v) is 9.39. The Morgan fingerprint density at radius 1 is 1.09 bits per heavy atom. The summed E-state index contributed by atoms with van der Waals surface area (Å²) in [6.07, 6.45) is 2.75. The van der Waals surface area contributed by atoms with E-state index in [2.05, 4.69) is 10.3 Å². The zero-order valence-corrected chi connectivity index (χ0v) is 19.9. The van der Waals surface area contributed by atoms with Crippen LogP contribution < -0.4 is 5.32 Å². The number of nitrogens with zero attached hydrogens (tertiary/aromatic N) is 3. The Balaban J connectivity index is 1.15. The van der Waals surface area contributed by atoms with Crippen molar-refractivity contribution in [3.8, 4) is 0 Å². The van der Waals surface area contributed by atoms with Gasteiger partial charge < -0.3 is 19.5 Å². The SMILES string of the molecule is O=C(NCc1ccc(F)cc1)C1CCN(C(=O)c2ncn3c2CO[C@H](c2ccc(Cl)cc2)C3)CC1. The fourth-order valence-corrected chi connectivity index (χ4v) is 4.74. The normalized spacial score (nSPS) is 18.2. The smallest absolute Gasteiger partial charge is 0.274 e. The lowest BCUT2D eigenvalue weighted by Crippen LogP contribution is -2.43. The zero-order chi connectivity index (χ0) is 24.4. The molecule has 1 aromatic heterocycles. The Kier molecular flexibility index (Phi) is 6.83. The van der Waals surface area contributed by atoms with Crippen molar-refractivity contribution in [1.29, 1.82) is 0 Å². The van der Waals surface area contributed by atoms with Crippen LogP contribution in [0.25, 0.3) is 0 Å². The van der Waals surface area contributed by atoms with Crippen molar-refractivity contribution < 1.29 is 18.7 Å². The number of carbonyl (C=O) groups is 2. The van der Waals surface area contributed by atoms with Crippen LogP contribution >= 0.6 is 11.6 Å². The van der Waals surface area contributed by atoms with Crippen molar-refractivity contribution in [3.05, 3.63) is 88.2 Å². The topological polar surface area (TPSA) is 76.5 Å². The van der Waals surface area contributed by atoms with Crippen LogP contribution in [0, 0.1) is 11.7 Å². The monoisotopic (exact) mass is 496 g/mol. The van der Waals surface area contributed by atoms with Crippen LogP contribution in [-0.4, -0.2) is 39.4 Å². The number of carbonyl (C=O) groups excluding carboxylic acids is 2. The Hall–Kier alpha value is -3.23. The van der Waals surface area contributed by atoms with E-state index in [1.54, 1.807) is 23.4 Å². The molecule has 35 heavy (non-hydrogen) atoms. The summed E-state index contributed by atoms with van der Waals surface area (Å²) in [5.74, 6) is -0.622. The molecule has 9 heteroatoms. The van der Waals surface area contributed by atoms with Crippen molar-refractivity contribution in [2.75, 3.05) is 13.1 Å². The second-order valence-electron chi connectivity index (χ2n) is 8.95. The summed E-state index contributed by atoms with van der Waals surface area (Å²) in [5, 5.41) is 3.59. The second kappa shape index (κ2) is 10.2. The van der Waals surface area contributed by atoms with Gasteiger partial charge in [-0.2, -0.15) is 0 Å². The summed E-state index contributed by atoms with van der Waals surface area (Å²) >= 11 is 5.98. The van der Waals surface area contributed by atoms with Gasteiger partial charge in [-0.3, -0.25) is 9.59 Å². The number of amides is 2. The number of hydrogen-bond acceptors (Lipinski definition) is 4. The average Bonchev–Trinajstić information content (AvgIpc) is 3.31. The third-order valence-corrected chi connectivity index (χ3v) is 6.96. The maximum Gasteiger partial charge on any atom is 0.274 e. The Morgan fingerprint density at radius 2 is 1.80 bits per heavy atom. The van der Waals surface area contributed by atoms with Gasteiger partial charge in [-0.25, -0.2) is 9.37 Å². The molecule has 1 saturated heterocycles. The number of halogens is 2. The largest absolute Gasteiger partial charge is 0.365 e. The molecule has 3 heterocycles. The standard InChI is InChI=1S/C26H26ClFN4O3/c27-20-5-3-18(4-6-20)23-14-32-16-30-24(22(32)15-35-23)26(34)31-11-9-19(10-12-31)25(33)29-13-17-1-7-21(28)8-2-17/h1-8,16,19,23H,9-15H2,(H,29,33)/t23-/m0/s1. The van der Waals surface area contributed by atoms with Gasteiger partial charge in [0.25, 0.3) is 5.91 Å². The van der Waals surface area contributed by atoms with Gasteiger partial charge in [0.15, 0.2) is 5.69 Å². The molecule has 182 valence electrons. The van der Waals surface area contributed by atoms with Crippen LogP contribution in [0.4, 0.5) is 4.39 Å². The molecule has 1 atom stereocenters. The summed E-state index contributed by atoms with van der Waals surface area (Å²) < 4.78 is 21.1. The predicted molar refractivity (Wildman–Crippen MR) is 128 cm³/mol. The van der Waals surface area contributed by atoms with E-state index in [0.29, 0.717) is 56.3 Å². The number of aromatic nitrogens is 2. The van der Waals surface area contributed by atoms with Crippen LogP contribution in [0.5, 0.6) is 0 Å². The first kappa shape index (κ1) is 23.5. The van der Waals surface area contributed by atoms with Crippen LogP contribution in [0.15, 0.2) is 54.9 Å². The molecule has 0 unspecified atom stereocenters. The highest BCUT2D eigenvalue weighted by Crippen LogP contribution is 2.29. The van der Waals surface area contributed by atoms with Gasteiger partial charge in [-0.05, 0) is 48.2 Å². The molecule has 0 bridgehead atoms. The summed E-state index contributed by atoms with van der Waals surface area (Å²) in [6.45, 7) is 2.22. The summed E-state index contributed by atoms with van der Waals surface area (Å²) in [5.41, 5.74) is 3.07. The van der Waals surface area contributed by atoms with Gasteiger partial charge in [0.2, 0.25) is 5.91 Å². The highest BCUT2D eigenvalue weighted by Gasteiger charge is 2.32. The molecule has 0 saturated carbocycles. The number of likely N-dealkylation sites (tertiary alicyclic amines) is 1. The number of fused-ring (bicyclic) bond motifs is 1. The summed E-state index contributed by atoms with van der Waals surface area (Å²) in [6, 6.07) is 13.6. The fraction of sp³-hybridized carbons (Fsp3) is 0.346. The lowest BCUT2D eigenvalue weighted by molar-refractivity contribution is -0.126. The summed E-state index contributed by atoms with van der Waals surface area (Å²) in [4.78, 5) is 31.9. The Labute approximate surface area is 207 Å². The van der Waals surface area contributed by atoms with E-state index in [1.165, 1.54) is 12.1 Å². The van der Waals surface area contributed by atoms with Crippen molar-refractivity contribution >= 4 is 23.4 Å². The first-order valence-electron chi connectivity index (χ1n) is 11.7. The first-order valence-corrected chi connectivity index (χ1v) is 12.1. The van der Waals surface area contributed by atoms with Crippen molar-refractivity contribution in [1.82, 2.24) is 19.8 Å². The first-order chi connectivity index (χ1) is 17.0. The Morgan fingerprint density at radius 3 is 2.51 bits per heavy atom. The van der Waals surface area contributed by atoms with E-state index in [-0.39, 0.29) is 29.7 Å². The van der Waals surface area contributed by atoms with Gasteiger partial charge >= 0.3 is 0 Å². The average molecular weight is 497 g/mol. The van der Waals surface area contributed by atoms with E-state index in [0.717, 1.165) is 16.8 Å². The van der Waals surface area contributed by atoms with Gasteiger partial charge in [-0.1, -0.05) is 35.9 Å². The number of rotatable bonds is 5. The molecule has 3 aromatic rings. The fourth-order valence-electron chi connectivity index (χ4n) is 4.62. The van der Waals surface area contributed by atoms with Crippen LogP contribution in [0.1, 0.15) is 46.3 Å². The van der Waals surface area contributed by atoms with Crippen molar-refractivity contribution in [2.45, 2.75) is 38.6 Å². The highest BCUT2D eigenvalue weighted by atomic mass is 35.5. The third-order valence-electron chi connectivity index (χ3n) is 6.71. The lowest BCUT2D eigenvalue weighted by Gasteiger charge is -2.31. The molecule has 5 rings (SSSR count). The third kappa shape index (κ3) is 5.23. The minimum Gasteiger partial charge on any atom is -0.365 e. The maximum absolute atomic E-state index is 13.2. The highest BCUT2D eigenvalue weighted by molar-refractivity contribution is 6.30. The molecule has 7 nitrogen and oxygen atoms in total. The van der Waals surface area contributed by atoms with Gasteiger partial charge in [-0.15, -0.1) is 0 Å². The molecule has 0 aliphatic carbocycles. The molecule has 0 spiro atoms. The minimum absolute atomic E-state index is 0.0394. The quantitative estimate of drug-likeness (QED) is 0.576. The van der Waals surface area contributed by atoms with Gasteiger partial charge in [0.1, 0.15) is 11.9 Å². The zero-order valence-electron chi connectivity index (χ0n) is 19.1. The molecule has 0 radical (unpaired) electrons. The molecule has 2 amide bonds. The van der Waals surface area contributed by atoms with Crippen LogP contribution in [0.3, 0.4) is 0 Å². The van der Waals surface area contributed by atoms with Crippen LogP contribution in [0.2, 0.25) is 5.02 Å². The van der Waals surface area contributed by atoms with E-state index in [9.17, 15) is 14.0 Å². The predicted octanol–water partition coefficient (Wildman–Crippen LogP) is 4.12. The maximum atomic E-state index is 13.2. The van der Waals surface area contributed by atoms with E-state index in [1.807, 2.05) is 28.8 Å².